The summed E-state index contributed by atoms with van der Waals surface area (Å²) in [6.07, 6.45) is 6.01. The summed E-state index contributed by atoms with van der Waals surface area (Å²) in [4.78, 5) is 6.95. The lowest BCUT2D eigenvalue weighted by Crippen LogP contribution is -2.43. The Morgan fingerprint density at radius 1 is 1.17 bits per heavy atom. The number of guanidine groups is 1. The maximum atomic E-state index is 4.31. The number of likely N-dealkylation sites (tertiary alicyclic amines) is 1. The third kappa shape index (κ3) is 10.3. The molecule has 1 aliphatic heterocycles. The Balaban J connectivity index is 0.00000529. The number of piperidine rings is 1. The van der Waals surface area contributed by atoms with E-state index in [1.807, 2.05) is 18.8 Å². The molecule has 0 radical (unpaired) electrons. The fraction of sp³-hybridized carbons (Fsp3) is 0.944. The number of hydrogen-bond acceptors (Lipinski definition) is 3. The van der Waals surface area contributed by atoms with Crippen LogP contribution in [-0.4, -0.2) is 61.6 Å². The van der Waals surface area contributed by atoms with E-state index in [4.69, 9.17) is 0 Å². The van der Waals surface area contributed by atoms with Crippen molar-refractivity contribution < 1.29 is 0 Å². The second-order valence-electron chi connectivity index (χ2n) is 7.73. The topological polar surface area (TPSA) is 39.7 Å². The summed E-state index contributed by atoms with van der Waals surface area (Å²) >= 11 is 1.88. The van der Waals surface area contributed by atoms with Gasteiger partial charge in [0.05, 0.1) is 0 Å². The maximum absolute atomic E-state index is 4.31. The van der Waals surface area contributed by atoms with Gasteiger partial charge < -0.3 is 15.5 Å². The van der Waals surface area contributed by atoms with Gasteiger partial charge >= 0.3 is 0 Å². The van der Waals surface area contributed by atoms with Gasteiger partial charge in [0.15, 0.2) is 5.96 Å². The highest BCUT2D eigenvalue weighted by atomic mass is 127. The van der Waals surface area contributed by atoms with Crippen molar-refractivity contribution in [2.24, 2.45) is 16.8 Å². The van der Waals surface area contributed by atoms with E-state index >= 15 is 0 Å². The van der Waals surface area contributed by atoms with Crippen molar-refractivity contribution in [1.29, 1.82) is 0 Å². The van der Waals surface area contributed by atoms with Crippen LogP contribution in [0.3, 0.4) is 0 Å². The second-order valence-corrected chi connectivity index (χ2v) is 9.24. The van der Waals surface area contributed by atoms with E-state index in [1.54, 1.807) is 0 Å². The molecule has 1 aliphatic rings. The minimum Gasteiger partial charge on any atom is -0.356 e. The first kappa shape index (κ1) is 24.3. The molecular weight excluding hydrogens is 431 g/mol. The van der Waals surface area contributed by atoms with E-state index in [0.29, 0.717) is 0 Å². The van der Waals surface area contributed by atoms with Crippen molar-refractivity contribution in [2.45, 2.75) is 51.7 Å². The number of rotatable bonds is 8. The standard InChI is InChI=1S/C18H38N4S.HI/c1-15-11-16(2)13-22(12-15)10-8-7-9-20-17(19-5)21-14-18(3,4)23-6;/h15-16H,7-14H2,1-6H3,(H2,19,20,21);1H. The molecule has 0 aliphatic carbocycles. The number of unbranched alkanes of at least 4 members (excludes halogenated alkanes) is 1. The van der Waals surface area contributed by atoms with Gasteiger partial charge in [0.2, 0.25) is 0 Å². The Kier molecular flexibility index (Phi) is 12.8. The Morgan fingerprint density at radius 2 is 1.79 bits per heavy atom. The van der Waals surface area contributed by atoms with Crippen molar-refractivity contribution in [3.63, 3.8) is 0 Å². The van der Waals surface area contributed by atoms with Gasteiger partial charge in [-0.15, -0.1) is 24.0 Å². The summed E-state index contributed by atoms with van der Waals surface area (Å²) in [5.41, 5.74) is 0. The highest BCUT2D eigenvalue weighted by Gasteiger charge is 2.21. The molecule has 1 fully saturated rings. The van der Waals surface area contributed by atoms with Gasteiger partial charge in [0, 0.05) is 38.0 Å². The molecule has 0 aromatic rings. The zero-order valence-corrected chi connectivity index (χ0v) is 19.7. The molecule has 1 rings (SSSR count). The van der Waals surface area contributed by atoms with Crippen LogP contribution in [0, 0.1) is 11.8 Å². The van der Waals surface area contributed by atoms with Crippen molar-refractivity contribution >= 4 is 41.7 Å². The van der Waals surface area contributed by atoms with Gasteiger partial charge in [0.1, 0.15) is 0 Å². The van der Waals surface area contributed by atoms with Gasteiger partial charge in [-0.3, -0.25) is 4.99 Å². The highest BCUT2D eigenvalue weighted by molar-refractivity contribution is 14.0. The summed E-state index contributed by atoms with van der Waals surface area (Å²) in [6.45, 7) is 15.0. The summed E-state index contributed by atoms with van der Waals surface area (Å²) in [5, 5.41) is 6.85. The summed E-state index contributed by atoms with van der Waals surface area (Å²) < 4.78 is 0.235. The van der Waals surface area contributed by atoms with E-state index < -0.39 is 0 Å². The predicted molar refractivity (Wildman–Crippen MR) is 121 cm³/mol. The Labute approximate surface area is 171 Å². The van der Waals surface area contributed by atoms with E-state index in [2.05, 4.69) is 54.5 Å². The van der Waals surface area contributed by atoms with Gasteiger partial charge in [-0.05, 0) is 57.7 Å². The first-order chi connectivity index (χ1) is 10.9. The summed E-state index contributed by atoms with van der Waals surface area (Å²) in [5.74, 6) is 2.65. The van der Waals surface area contributed by atoms with Crippen LogP contribution in [-0.2, 0) is 0 Å². The number of aliphatic imine (C=N–C) groups is 1. The number of nitrogens with zero attached hydrogens (tertiary/aromatic N) is 2. The molecule has 0 amide bonds. The molecule has 24 heavy (non-hydrogen) atoms. The molecule has 0 aromatic heterocycles. The number of nitrogens with one attached hydrogen (secondary N) is 2. The normalized spacial score (nSPS) is 22.8. The van der Waals surface area contributed by atoms with Gasteiger partial charge in [-0.25, -0.2) is 0 Å². The van der Waals surface area contributed by atoms with E-state index in [1.165, 1.54) is 38.9 Å². The molecule has 6 heteroatoms. The van der Waals surface area contributed by atoms with Crippen LogP contribution in [0.5, 0.6) is 0 Å². The molecule has 4 nitrogen and oxygen atoms in total. The lowest BCUT2D eigenvalue weighted by Gasteiger charge is -2.35. The molecule has 0 bridgehead atoms. The molecule has 1 saturated heterocycles. The summed E-state index contributed by atoms with van der Waals surface area (Å²) in [6, 6.07) is 0. The van der Waals surface area contributed by atoms with Crippen LogP contribution in [0.25, 0.3) is 0 Å². The third-order valence-electron chi connectivity index (χ3n) is 4.60. The molecule has 144 valence electrons. The second kappa shape index (κ2) is 12.6. The Morgan fingerprint density at radius 3 is 2.33 bits per heavy atom. The van der Waals surface area contributed by atoms with E-state index in [0.717, 1.165) is 30.9 Å². The van der Waals surface area contributed by atoms with Gasteiger partial charge in [-0.1, -0.05) is 13.8 Å². The minimum atomic E-state index is 0. The van der Waals surface area contributed by atoms with Crippen LogP contribution in [0.2, 0.25) is 0 Å². The zero-order valence-electron chi connectivity index (χ0n) is 16.5. The lowest BCUT2D eigenvalue weighted by molar-refractivity contribution is 0.139. The molecular formula is C18H39IN4S. The fourth-order valence-corrected chi connectivity index (χ4v) is 3.45. The van der Waals surface area contributed by atoms with Gasteiger partial charge in [0.25, 0.3) is 0 Å². The monoisotopic (exact) mass is 470 g/mol. The molecule has 0 aromatic carbocycles. The third-order valence-corrected chi connectivity index (χ3v) is 5.85. The van der Waals surface area contributed by atoms with Crippen LogP contribution in [0.1, 0.15) is 47.0 Å². The molecule has 1 heterocycles. The quantitative estimate of drug-likeness (QED) is 0.246. The molecule has 2 unspecified atom stereocenters. The van der Waals surface area contributed by atoms with E-state index in [9.17, 15) is 0 Å². The minimum absolute atomic E-state index is 0. The van der Waals surface area contributed by atoms with E-state index in [-0.39, 0.29) is 28.7 Å². The number of hydrogen-bond donors (Lipinski definition) is 2. The molecule has 2 N–H and O–H groups in total. The maximum Gasteiger partial charge on any atom is 0.191 e. The van der Waals surface area contributed by atoms with Crippen molar-refractivity contribution in [3.8, 4) is 0 Å². The smallest absolute Gasteiger partial charge is 0.191 e. The van der Waals surface area contributed by atoms with Crippen molar-refractivity contribution in [3.05, 3.63) is 0 Å². The van der Waals surface area contributed by atoms with Crippen molar-refractivity contribution in [2.75, 3.05) is 46.0 Å². The summed E-state index contributed by atoms with van der Waals surface area (Å²) in [7, 11) is 1.85. The number of thioether (sulfide) groups is 1. The van der Waals surface area contributed by atoms with Crippen LogP contribution >= 0.6 is 35.7 Å². The van der Waals surface area contributed by atoms with Gasteiger partial charge in [-0.2, -0.15) is 11.8 Å². The SMILES string of the molecule is CN=C(NCCCCN1CC(C)CC(C)C1)NCC(C)(C)SC.I. The zero-order chi connectivity index (χ0) is 17.3. The van der Waals surface area contributed by atoms with Crippen LogP contribution in [0.4, 0.5) is 0 Å². The predicted octanol–water partition coefficient (Wildman–Crippen LogP) is 3.67. The first-order valence-corrected chi connectivity index (χ1v) is 10.3. The van der Waals surface area contributed by atoms with Crippen LogP contribution < -0.4 is 10.6 Å². The fourth-order valence-electron chi connectivity index (χ4n) is 3.23. The molecule has 0 spiro atoms. The Bertz CT molecular complexity index is 353. The largest absolute Gasteiger partial charge is 0.356 e. The van der Waals surface area contributed by atoms with Crippen LogP contribution in [0.15, 0.2) is 4.99 Å². The van der Waals surface area contributed by atoms with Crippen molar-refractivity contribution in [1.82, 2.24) is 15.5 Å². The molecule has 0 saturated carbocycles. The average Bonchev–Trinajstić information content (AvgIpc) is 2.49. The highest BCUT2D eigenvalue weighted by Crippen LogP contribution is 2.21. The average molecular weight is 471 g/mol. The molecule has 2 atom stereocenters. The lowest BCUT2D eigenvalue weighted by atomic mass is 9.92. The number of halogens is 1. The first-order valence-electron chi connectivity index (χ1n) is 9.08. The Hall–Kier alpha value is 0.310.